The molecule has 3 nitrogen and oxygen atoms in total. The molecular formula is C24H29ClO3. The maximum Gasteiger partial charge on any atom is 0.321 e. The summed E-state index contributed by atoms with van der Waals surface area (Å²) in [7, 11) is 0. The van der Waals surface area contributed by atoms with Crippen LogP contribution in [-0.4, -0.2) is 18.4 Å². The van der Waals surface area contributed by atoms with Crippen LogP contribution in [0.25, 0.3) is 0 Å². The summed E-state index contributed by atoms with van der Waals surface area (Å²) in [5.74, 6) is -1.83. The minimum Gasteiger partial charge on any atom is -0.465 e. The maximum atomic E-state index is 13.3. The number of benzene rings is 2. The summed E-state index contributed by atoms with van der Waals surface area (Å²) in [4.78, 5) is 26.1. The van der Waals surface area contributed by atoms with Gasteiger partial charge in [-0.3, -0.25) is 9.59 Å². The molecule has 1 unspecified atom stereocenters. The number of rotatable bonds is 11. The van der Waals surface area contributed by atoms with Crippen LogP contribution < -0.4 is 0 Å². The number of carbonyl (C=O) groups is 2. The third-order valence-corrected chi connectivity index (χ3v) is 5.16. The molecule has 2 rings (SSSR count). The van der Waals surface area contributed by atoms with Crippen molar-refractivity contribution in [2.75, 3.05) is 6.61 Å². The molecule has 0 spiro atoms. The fraction of sp³-hybridized carbons (Fsp3) is 0.417. The molecule has 0 aromatic heterocycles. The lowest BCUT2D eigenvalue weighted by Gasteiger charge is -2.17. The minimum absolute atomic E-state index is 0.317. The van der Waals surface area contributed by atoms with Crippen molar-refractivity contribution < 1.29 is 14.3 Å². The molecule has 2 aromatic rings. The van der Waals surface area contributed by atoms with E-state index >= 15 is 0 Å². The normalized spacial score (nSPS) is 11.8. The third-order valence-electron chi connectivity index (χ3n) is 4.84. The van der Waals surface area contributed by atoms with E-state index in [1.54, 1.807) is 24.3 Å². The Morgan fingerprint density at radius 2 is 1.61 bits per heavy atom. The Morgan fingerprint density at radius 3 is 2.29 bits per heavy atom. The van der Waals surface area contributed by atoms with Crippen molar-refractivity contribution in [3.8, 4) is 0 Å². The van der Waals surface area contributed by atoms with Crippen LogP contribution in [-0.2, 0) is 9.53 Å². The number of hydrogen-bond donors (Lipinski definition) is 0. The number of carbonyl (C=O) groups excluding carboxylic acids is 2. The average molecular weight is 401 g/mol. The molecule has 0 aliphatic rings. The minimum atomic E-state index is -1.00. The summed E-state index contributed by atoms with van der Waals surface area (Å²) in [6, 6.07) is 14.3. The topological polar surface area (TPSA) is 43.4 Å². The van der Waals surface area contributed by atoms with Gasteiger partial charge in [0, 0.05) is 5.56 Å². The second-order valence-electron chi connectivity index (χ2n) is 7.07. The second kappa shape index (κ2) is 11.7. The molecular weight excluding hydrogens is 372 g/mol. The van der Waals surface area contributed by atoms with Crippen molar-refractivity contribution in [3.05, 3.63) is 70.2 Å². The summed E-state index contributed by atoms with van der Waals surface area (Å²) in [5.41, 5.74) is 1.76. The number of aryl methyl sites for hydroxylation is 1. The van der Waals surface area contributed by atoms with E-state index in [0.717, 1.165) is 24.8 Å². The molecule has 0 amide bonds. The van der Waals surface area contributed by atoms with Crippen LogP contribution in [0.1, 0.15) is 72.9 Å². The van der Waals surface area contributed by atoms with E-state index in [4.69, 9.17) is 16.3 Å². The molecule has 0 heterocycles. The van der Waals surface area contributed by atoms with Gasteiger partial charge in [-0.25, -0.2) is 0 Å². The number of Topliss-reactive ketones (excluding diaryl/α,β-unsaturated/α-hetero) is 1. The Morgan fingerprint density at radius 1 is 0.929 bits per heavy atom. The molecule has 0 saturated carbocycles. The fourth-order valence-electron chi connectivity index (χ4n) is 3.27. The number of hydrogen-bond acceptors (Lipinski definition) is 3. The van der Waals surface area contributed by atoms with Crippen LogP contribution in [0.2, 0.25) is 5.02 Å². The van der Waals surface area contributed by atoms with Gasteiger partial charge in [0.2, 0.25) is 0 Å². The van der Waals surface area contributed by atoms with Gasteiger partial charge in [0.25, 0.3) is 0 Å². The van der Waals surface area contributed by atoms with Gasteiger partial charge in [-0.1, -0.05) is 93.1 Å². The lowest BCUT2D eigenvalue weighted by Crippen LogP contribution is -2.25. The zero-order valence-corrected chi connectivity index (χ0v) is 17.5. The lowest BCUT2D eigenvalue weighted by atomic mass is 9.89. The van der Waals surface area contributed by atoms with Gasteiger partial charge in [0.1, 0.15) is 5.92 Å². The summed E-state index contributed by atoms with van der Waals surface area (Å²) >= 11 is 6.27. The van der Waals surface area contributed by atoms with Gasteiger partial charge < -0.3 is 4.74 Å². The predicted octanol–water partition coefficient (Wildman–Crippen LogP) is 6.52. The zero-order chi connectivity index (χ0) is 20.4. The molecule has 0 saturated heterocycles. The molecule has 0 N–H and O–H groups in total. The number of ether oxygens (including phenoxy) is 1. The molecule has 0 aliphatic carbocycles. The Balaban J connectivity index is 2.10. The Kier molecular flexibility index (Phi) is 9.22. The highest BCUT2D eigenvalue weighted by molar-refractivity contribution is 6.35. The van der Waals surface area contributed by atoms with E-state index in [2.05, 4.69) is 6.92 Å². The Bertz CT molecular complexity index is 750. The van der Waals surface area contributed by atoms with Gasteiger partial charge in [0.15, 0.2) is 5.78 Å². The van der Waals surface area contributed by atoms with Crippen LogP contribution in [0, 0.1) is 6.92 Å². The summed E-state index contributed by atoms with van der Waals surface area (Å²) in [6.07, 6.45) is 6.64. The van der Waals surface area contributed by atoms with Crippen molar-refractivity contribution in [2.45, 2.75) is 58.3 Å². The largest absolute Gasteiger partial charge is 0.465 e. The van der Waals surface area contributed by atoms with Gasteiger partial charge >= 0.3 is 5.97 Å². The van der Waals surface area contributed by atoms with E-state index in [9.17, 15) is 9.59 Å². The average Bonchev–Trinajstić information content (AvgIpc) is 2.68. The molecule has 2 aromatic carbocycles. The Labute approximate surface area is 173 Å². The maximum absolute atomic E-state index is 13.3. The highest BCUT2D eigenvalue weighted by Crippen LogP contribution is 2.28. The monoisotopic (exact) mass is 400 g/mol. The second-order valence-corrected chi connectivity index (χ2v) is 7.48. The first kappa shape index (κ1) is 22.2. The molecule has 1 atom stereocenters. The van der Waals surface area contributed by atoms with Crippen molar-refractivity contribution in [2.24, 2.45) is 0 Å². The lowest BCUT2D eigenvalue weighted by molar-refractivity contribution is -0.144. The van der Waals surface area contributed by atoms with Gasteiger partial charge in [0.05, 0.1) is 11.6 Å². The number of halogens is 1. The van der Waals surface area contributed by atoms with Crippen molar-refractivity contribution >= 4 is 23.4 Å². The first-order valence-electron chi connectivity index (χ1n) is 10.1. The van der Waals surface area contributed by atoms with Crippen LogP contribution >= 0.6 is 11.6 Å². The van der Waals surface area contributed by atoms with E-state index in [1.807, 2.05) is 31.2 Å². The van der Waals surface area contributed by atoms with Gasteiger partial charge in [-0.15, -0.1) is 0 Å². The zero-order valence-electron chi connectivity index (χ0n) is 16.7. The highest BCUT2D eigenvalue weighted by Gasteiger charge is 2.32. The van der Waals surface area contributed by atoms with Gasteiger partial charge in [-0.2, -0.15) is 0 Å². The first-order valence-corrected chi connectivity index (χ1v) is 10.4. The van der Waals surface area contributed by atoms with Gasteiger partial charge in [-0.05, 0) is 30.5 Å². The highest BCUT2D eigenvalue weighted by atomic mass is 35.5. The smallest absolute Gasteiger partial charge is 0.321 e. The van der Waals surface area contributed by atoms with E-state index in [-0.39, 0.29) is 5.78 Å². The molecule has 28 heavy (non-hydrogen) atoms. The summed E-state index contributed by atoms with van der Waals surface area (Å²) in [6.45, 7) is 4.34. The van der Waals surface area contributed by atoms with Crippen LogP contribution in [0.4, 0.5) is 0 Å². The first-order chi connectivity index (χ1) is 13.6. The number of esters is 1. The molecule has 4 heteroatoms. The van der Waals surface area contributed by atoms with E-state index in [0.29, 0.717) is 22.8 Å². The Hall–Kier alpha value is -2.13. The molecule has 0 fully saturated rings. The molecule has 150 valence electrons. The standard InChI is InChI=1S/C24H29ClO3/c1-3-4-5-6-7-11-17-28-24(27)22(19-14-9-8-10-15-19)23(26)21-18(2)13-12-16-20(21)25/h8-10,12-16,22H,3-7,11,17H2,1-2H3. The van der Waals surface area contributed by atoms with Crippen molar-refractivity contribution in [1.82, 2.24) is 0 Å². The number of unbranched alkanes of at least 4 members (excludes halogenated alkanes) is 5. The predicted molar refractivity (Wildman–Crippen MR) is 114 cm³/mol. The van der Waals surface area contributed by atoms with E-state index < -0.39 is 11.9 Å². The van der Waals surface area contributed by atoms with Crippen LogP contribution in [0.5, 0.6) is 0 Å². The quantitative estimate of drug-likeness (QED) is 0.186. The molecule has 0 aliphatic heterocycles. The van der Waals surface area contributed by atoms with E-state index in [1.165, 1.54) is 19.3 Å². The fourth-order valence-corrected chi connectivity index (χ4v) is 3.58. The van der Waals surface area contributed by atoms with Crippen LogP contribution in [0.15, 0.2) is 48.5 Å². The summed E-state index contributed by atoms with van der Waals surface area (Å²) < 4.78 is 5.48. The van der Waals surface area contributed by atoms with Crippen LogP contribution in [0.3, 0.4) is 0 Å². The molecule has 0 bridgehead atoms. The SMILES string of the molecule is CCCCCCCCOC(=O)C(C(=O)c1c(C)cccc1Cl)c1ccccc1. The summed E-state index contributed by atoms with van der Waals surface area (Å²) in [5, 5.41) is 0.356. The third kappa shape index (κ3) is 6.20. The van der Waals surface area contributed by atoms with Crippen molar-refractivity contribution in [3.63, 3.8) is 0 Å². The van der Waals surface area contributed by atoms with Crippen molar-refractivity contribution in [1.29, 1.82) is 0 Å². The number of ketones is 1. The molecule has 0 radical (unpaired) electrons.